The molecule has 0 fully saturated rings. The molecule has 0 saturated heterocycles. The molecule has 0 aliphatic heterocycles. The highest BCUT2D eigenvalue weighted by Crippen LogP contribution is 2.13. The monoisotopic (exact) mass is 344 g/mol. The molecular weight excluding hydrogens is 328 g/mol. The van der Waals surface area contributed by atoms with Gasteiger partial charge in [-0.15, -0.1) is 0 Å². The highest BCUT2D eigenvalue weighted by molar-refractivity contribution is 7.89. The van der Waals surface area contributed by atoms with Gasteiger partial charge >= 0.3 is 0 Å². The Kier molecular flexibility index (Phi) is 5.89. The lowest BCUT2D eigenvalue weighted by Crippen LogP contribution is -2.17. The third kappa shape index (κ3) is 5.08. The Balaban J connectivity index is 2.13. The highest BCUT2D eigenvalue weighted by atomic mass is 32.2. The largest absolute Gasteiger partial charge is 0.288 e. The van der Waals surface area contributed by atoms with Crippen molar-refractivity contribution in [2.75, 3.05) is 0 Å². The van der Waals surface area contributed by atoms with Crippen LogP contribution in [0.4, 0.5) is 0 Å². The molecule has 1 amide bonds. The first-order chi connectivity index (χ1) is 11.5. The van der Waals surface area contributed by atoms with Crippen LogP contribution in [0.25, 0.3) is 12.2 Å². The van der Waals surface area contributed by atoms with E-state index in [1.165, 1.54) is 29.9 Å². The highest BCUT2D eigenvalue weighted by Gasteiger charge is 2.11. The number of sulfonamides is 1. The van der Waals surface area contributed by atoms with Gasteiger partial charge < -0.3 is 0 Å². The van der Waals surface area contributed by atoms with Crippen molar-refractivity contribution in [2.24, 2.45) is 0 Å². The van der Waals surface area contributed by atoms with Crippen LogP contribution in [0.1, 0.15) is 11.1 Å². The second-order valence-corrected chi connectivity index (χ2v) is 6.46. The van der Waals surface area contributed by atoms with Gasteiger partial charge in [0.2, 0.25) is 0 Å². The molecule has 2 aromatic rings. The normalized spacial score (nSPS) is 11.7. The fourth-order valence-corrected chi connectivity index (χ4v) is 2.78. The quantitative estimate of drug-likeness (QED) is 0.425. The number of amides is 1. The van der Waals surface area contributed by atoms with Gasteiger partial charge in [0.05, 0.1) is 4.90 Å². The molecule has 0 radical (unpaired) electrons. The molecule has 0 heterocycles. The first kappa shape index (κ1) is 17.5. The number of hydroxylamine groups is 1. The summed E-state index contributed by atoms with van der Waals surface area (Å²) in [7, 11) is -3.72. The van der Waals surface area contributed by atoms with Gasteiger partial charge in [0.15, 0.2) is 0 Å². The number of rotatable bonds is 6. The molecular formula is C17H16N2O4S. The number of carbonyl (C=O) groups excluding carboxylic acids is 1. The summed E-state index contributed by atoms with van der Waals surface area (Å²) in [6.45, 7) is 0. The predicted octanol–water partition coefficient (Wildman–Crippen LogP) is 2.15. The fourth-order valence-electron chi connectivity index (χ4n) is 1.85. The topological polar surface area (TPSA) is 95.5 Å². The van der Waals surface area contributed by atoms with Crippen LogP contribution in [0.3, 0.4) is 0 Å². The molecule has 0 bridgehead atoms. The predicted molar refractivity (Wildman–Crippen MR) is 91.2 cm³/mol. The second kappa shape index (κ2) is 8.09. The molecule has 0 aliphatic rings. The van der Waals surface area contributed by atoms with Crippen LogP contribution >= 0.6 is 0 Å². The molecule has 6 nitrogen and oxygen atoms in total. The maximum absolute atomic E-state index is 12.3. The molecule has 7 heteroatoms. The SMILES string of the molecule is O=C(/C=C/c1cccc(S(=O)(=O)N/C=C/c2ccccc2)c1)NO. The smallest absolute Gasteiger partial charge is 0.267 e. The first-order valence-corrected chi connectivity index (χ1v) is 8.46. The zero-order valence-electron chi connectivity index (χ0n) is 12.6. The van der Waals surface area contributed by atoms with Crippen molar-refractivity contribution in [3.63, 3.8) is 0 Å². The van der Waals surface area contributed by atoms with Crippen LogP contribution in [0.2, 0.25) is 0 Å². The summed E-state index contributed by atoms with van der Waals surface area (Å²) >= 11 is 0. The van der Waals surface area contributed by atoms with Gasteiger partial charge in [0, 0.05) is 12.3 Å². The zero-order valence-corrected chi connectivity index (χ0v) is 13.4. The number of benzene rings is 2. The number of nitrogens with one attached hydrogen (secondary N) is 2. The summed E-state index contributed by atoms with van der Waals surface area (Å²) in [5.41, 5.74) is 2.83. The molecule has 0 saturated carbocycles. The van der Waals surface area contributed by atoms with Crippen molar-refractivity contribution in [3.8, 4) is 0 Å². The summed E-state index contributed by atoms with van der Waals surface area (Å²) in [5.74, 6) is -0.702. The Labute approximate surface area is 140 Å². The van der Waals surface area contributed by atoms with E-state index in [1.807, 2.05) is 30.3 Å². The van der Waals surface area contributed by atoms with Gasteiger partial charge in [0.1, 0.15) is 0 Å². The molecule has 0 aliphatic carbocycles. The second-order valence-electron chi connectivity index (χ2n) is 4.75. The van der Waals surface area contributed by atoms with Crippen LogP contribution in [-0.4, -0.2) is 19.5 Å². The Bertz CT molecular complexity index is 859. The summed E-state index contributed by atoms with van der Waals surface area (Å²) < 4.78 is 26.9. The van der Waals surface area contributed by atoms with E-state index in [1.54, 1.807) is 18.2 Å². The molecule has 0 spiro atoms. The van der Waals surface area contributed by atoms with E-state index in [2.05, 4.69) is 4.72 Å². The third-order valence-corrected chi connectivity index (χ3v) is 4.33. The van der Waals surface area contributed by atoms with E-state index < -0.39 is 15.9 Å². The minimum absolute atomic E-state index is 0.0618. The van der Waals surface area contributed by atoms with Gasteiger partial charge in [0.25, 0.3) is 15.9 Å². The van der Waals surface area contributed by atoms with Crippen molar-refractivity contribution >= 4 is 28.1 Å². The van der Waals surface area contributed by atoms with Crippen LogP contribution < -0.4 is 10.2 Å². The van der Waals surface area contributed by atoms with E-state index in [0.717, 1.165) is 11.6 Å². The van der Waals surface area contributed by atoms with Crippen LogP contribution in [0.5, 0.6) is 0 Å². The number of hydrogen-bond donors (Lipinski definition) is 3. The molecule has 3 N–H and O–H groups in total. The summed E-state index contributed by atoms with van der Waals surface area (Å²) in [4.78, 5) is 11.0. The van der Waals surface area contributed by atoms with E-state index in [4.69, 9.17) is 5.21 Å². The lowest BCUT2D eigenvalue weighted by atomic mass is 10.2. The summed E-state index contributed by atoms with van der Waals surface area (Å²) in [6, 6.07) is 15.3. The van der Waals surface area contributed by atoms with Crippen LogP contribution in [0.15, 0.2) is 71.8 Å². The van der Waals surface area contributed by atoms with E-state index in [0.29, 0.717) is 5.56 Å². The third-order valence-electron chi connectivity index (χ3n) is 3.00. The summed E-state index contributed by atoms with van der Waals surface area (Å²) in [5, 5.41) is 8.42. The van der Waals surface area contributed by atoms with E-state index in [9.17, 15) is 13.2 Å². The Hall–Kier alpha value is -2.90. The van der Waals surface area contributed by atoms with Gasteiger partial charge in [-0.3, -0.25) is 14.7 Å². The number of carbonyl (C=O) groups is 1. The van der Waals surface area contributed by atoms with Crippen LogP contribution in [-0.2, 0) is 14.8 Å². The van der Waals surface area contributed by atoms with Crippen molar-refractivity contribution in [2.45, 2.75) is 4.90 Å². The maximum atomic E-state index is 12.3. The van der Waals surface area contributed by atoms with E-state index >= 15 is 0 Å². The molecule has 2 aromatic carbocycles. The standard InChI is InChI=1S/C17H16N2O4S/c20-17(19-21)10-9-15-7-4-8-16(13-15)24(22,23)18-12-11-14-5-2-1-3-6-14/h1-13,18,21H,(H,19,20)/b10-9+,12-11+. The number of hydrogen-bond acceptors (Lipinski definition) is 4. The van der Waals surface area contributed by atoms with Crippen molar-refractivity contribution < 1.29 is 18.4 Å². The van der Waals surface area contributed by atoms with Crippen LogP contribution in [0, 0.1) is 0 Å². The molecule has 0 unspecified atom stereocenters. The van der Waals surface area contributed by atoms with Gasteiger partial charge in [-0.05, 0) is 35.4 Å². The Morgan fingerprint density at radius 3 is 2.38 bits per heavy atom. The van der Waals surface area contributed by atoms with Gasteiger partial charge in [-0.1, -0.05) is 42.5 Å². The molecule has 0 aromatic heterocycles. The van der Waals surface area contributed by atoms with Crippen molar-refractivity contribution in [1.82, 2.24) is 10.2 Å². The van der Waals surface area contributed by atoms with Gasteiger partial charge in [-0.2, -0.15) is 0 Å². The molecule has 2 rings (SSSR count). The zero-order chi connectivity index (χ0) is 17.4. The average molecular weight is 344 g/mol. The molecule has 24 heavy (non-hydrogen) atoms. The first-order valence-electron chi connectivity index (χ1n) is 6.97. The van der Waals surface area contributed by atoms with Gasteiger partial charge in [-0.25, -0.2) is 13.9 Å². The lowest BCUT2D eigenvalue weighted by molar-refractivity contribution is -0.124. The molecule has 0 atom stereocenters. The Morgan fingerprint density at radius 2 is 1.67 bits per heavy atom. The minimum atomic E-state index is -3.72. The lowest BCUT2D eigenvalue weighted by Gasteiger charge is -2.05. The summed E-state index contributed by atoms with van der Waals surface area (Å²) in [6.07, 6.45) is 5.48. The van der Waals surface area contributed by atoms with Crippen molar-refractivity contribution in [3.05, 3.63) is 78.0 Å². The fraction of sp³-hybridized carbons (Fsp3) is 0. The van der Waals surface area contributed by atoms with Crippen molar-refractivity contribution in [1.29, 1.82) is 0 Å². The Morgan fingerprint density at radius 1 is 0.958 bits per heavy atom. The average Bonchev–Trinajstić information content (AvgIpc) is 2.60. The minimum Gasteiger partial charge on any atom is -0.288 e. The van der Waals surface area contributed by atoms with E-state index in [-0.39, 0.29) is 4.90 Å². The molecule has 124 valence electrons. The maximum Gasteiger partial charge on any atom is 0.267 e.